The Morgan fingerprint density at radius 2 is 2.17 bits per heavy atom. The largest absolute Gasteiger partial charge is 0.302 e. The topological polar surface area (TPSA) is 63.1 Å². The van der Waals surface area contributed by atoms with Gasteiger partial charge < -0.3 is 5.32 Å². The number of nitrogens with one attached hydrogen (secondary N) is 1. The van der Waals surface area contributed by atoms with Crippen LogP contribution in [0.15, 0.2) is 5.38 Å². The van der Waals surface area contributed by atoms with Crippen molar-refractivity contribution in [2.24, 2.45) is 11.8 Å². The van der Waals surface area contributed by atoms with Crippen molar-refractivity contribution >= 4 is 22.4 Å². The normalized spacial score (nSPS) is 17.8. The number of likely N-dealkylation sites (tertiary alicyclic amines) is 1. The first-order valence-electron chi connectivity index (χ1n) is 10.8. The molecular formula is C22H35N5OS. The first kappa shape index (κ1) is 22.0. The summed E-state index contributed by atoms with van der Waals surface area (Å²) in [6.45, 7) is 14.9. The van der Waals surface area contributed by atoms with E-state index in [0.717, 1.165) is 43.5 Å². The summed E-state index contributed by atoms with van der Waals surface area (Å²) in [6.07, 6.45) is 3.75. The van der Waals surface area contributed by atoms with Gasteiger partial charge in [-0.05, 0) is 57.1 Å². The molecule has 3 rings (SSSR count). The maximum atomic E-state index is 12.5. The molecule has 0 spiro atoms. The average Bonchev–Trinajstić information content (AvgIpc) is 3.17. The molecule has 6 nitrogen and oxygen atoms in total. The number of aromatic nitrogens is 3. The van der Waals surface area contributed by atoms with E-state index in [9.17, 15) is 4.79 Å². The van der Waals surface area contributed by atoms with Crippen molar-refractivity contribution in [1.29, 1.82) is 0 Å². The number of anilines is 1. The van der Waals surface area contributed by atoms with Gasteiger partial charge in [0.1, 0.15) is 0 Å². The minimum atomic E-state index is 0.0212. The van der Waals surface area contributed by atoms with E-state index in [4.69, 9.17) is 0 Å². The van der Waals surface area contributed by atoms with E-state index in [1.54, 1.807) is 0 Å². The van der Waals surface area contributed by atoms with E-state index in [1.165, 1.54) is 35.4 Å². The van der Waals surface area contributed by atoms with Crippen LogP contribution in [0.1, 0.15) is 62.7 Å². The highest BCUT2D eigenvalue weighted by Gasteiger charge is 2.18. The molecule has 160 valence electrons. The summed E-state index contributed by atoms with van der Waals surface area (Å²) in [5.41, 5.74) is 4.46. The minimum Gasteiger partial charge on any atom is -0.302 e. The lowest BCUT2D eigenvalue weighted by molar-refractivity contribution is -0.116. The second-order valence-corrected chi connectivity index (χ2v) is 9.76. The number of amides is 1. The number of piperidine rings is 1. The van der Waals surface area contributed by atoms with Crippen LogP contribution in [-0.4, -0.2) is 38.7 Å². The summed E-state index contributed by atoms with van der Waals surface area (Å²) >= 11 is 1.52. The molecule has 1 aliphatic heterocycles. The lowest BCUT2D eigenvalue weighted by atomic mass is 10.0. The number of thiazole rings is 1. The van der Waals surface area contributed by atoms with Crippen molar-refractivity contribution in [2.45, 2.75) is 73.4 Å². The maximum Gasteiger partial charge on any atom is 0.226 e. The van der Waals surface area contributed by atoms with E-state index in [0.29, 0.717) is 23.9 Å². The highest BCUT2D eigenvalue weighted by atomic mass is 32.1. The molecule has 2 aromatic rings. The fourth-order valence-corrected chi connectivity index (χ4v) is 4.85. The molecule has 1 N–H and O–H groups in total. The van der Waals surface area contributed by atoms with Gasteiger partial charge in [-0.3, -0.25) is 14.4 Å². The van der Waals surface area contributed by atoms with Crippen LogP contribution in [0.4, 0.5) is 5.13 Å². The highest BCUT2D eigenvalue weighted by Crippen LogP contribution is 2.22. The van der Waals surface area contributed by atoms with Gasteiger partial charge in [0.2, 0.25) is 5.91 Å². The lowest BCUT2D eigenvalue weighted by Gasteiger charge is -2.30. The van der Waals surface area contributed by atoms with Crippen molar-refractivity contribution in [3.05, 3.63) is 28.0 Å². The molecule has 1 atom stereocenters. The second-order valence-electron chi connectivity index (χ2n) is 8.90. The molecule has 0 aliphatic carbocycles. The van der Waals surface area contributed by atoms with Crippen LogP contribution >= 0.6 is 11.3 Å². The summed E-state index contributed by atoms with van der Waals surface area (Å²) in [4.78, 5) is 19.5. The van der Waals surface area contributed by atoms with E-state index in [2.05, 4.69) is 58.1 Å². The molecule has 1 saturated heterocycles. The van der Waals surface area contributed by atoms with Crippen molar-refractivity contribution in [2.75, 3.05) is 18.4 Å². The van der Waals surface area contributed by atoms with Gasteiger partial charge in [0, 0.05) is 37.1 Å². The molecule has 1 amide bonds. The molecule has 3 heterocycles. The Morgan fingerprint density at radius 1 is 1.38 bits per heavy atom. The molecule has 1 fully saturated rings. The fraction of sp³-hybridized carbons (Fsp3) is 0.682. The third kappa shape index (κ3) is 6.12. The third-order valence-electron chi connectivity index (χ3n) is 5.60. The molecule has 0 bridgehead atoms. The Kier molecular flexibility index (Phi) is 7.46. The SMILES string of the molecule is Cc1nn(CC(C)C)c(C)c1CCC(=O)Nc1nc(CN2CCCC(C)C2)cs1. The second kappa shape index (κ2) is 9.85. The number of hydrogen-bond acceptors (Lipinski definition) is 5. The molecular weight excluding hydrogens is 382 g/mol. The van der Waals surface area contributed by atoms with E-state index in [1.807, 2.05) is 6.92 Å². The zero-order chi connectivity index (χ0) is 21.0. The van der Waals surface area contributed by atoms with Gasteiger partial charge in [0.15, 0.2) is 5.13 Å². The number of carbonyl (C=O) groups excluding carboxylic acids is 1. The summed E-state index contributed by atoms with van der Waals surface area (Å²) < 4.78 is 2.07. The average molecular weight is 418 g/mol. The Bertz CT molecular complexity index is 825. The fourth-order valence-electron chi connectivity index (χ4n) is 4.14. The van der Waals surface area contributed by atoms with Crippen LogP contribution in [0.5, 0.6) is 0 Å². The minimum absolute atomic E-state index is 0.0212. The first-order chi connectivity index (χ1) is 13.8. The summed E-state index contributed by atoms with van der Waals surface area (Å²) in [5.74, 6) is 1.34. The Hall–Kier alpha value is -1.73. The van der Waals surface area contributed by atoms with Crippen molar-refractivity contribution in [3.63, 3.8) is 0 Å². The van der Waals surface area contributed by atoms with Gasteiger partial charge in [-0.1, -0.05) is 20.8 Å². The molecule has 0 saturated carbocycles. The van der Waals surface area contributed by atoms with Gasteiger partial charge in [0.05, 0.1) is 11.4 Å². The summed E-state index contributed by atoms with van der Waals surface area (Å²) in [6, 6.07) is 0. The number of hydrogen-bond donors (Lipinski definition) is 1. The highest BCUT2D eigenvalue weighted by molar-refractivity contribution is 7.13. The van der Waals surface area contributed by atoms with Crippen LogP contribution in [0.25, 0.3) is 0 Å². The van der Waals surface area contributed by atoms with E-state index < -0.39 is 0 Å². The van der Waals surface area contributed by atoms with Crippen LogP contribution in [-0.2, 0) is 24.3 Å². The molecule has 1 unspecified atom stereocenters. The Balaban J connectivity index is 1.50. The standard InChI is InChI=1S/C22H35N5OS/c1-15(2)11-27-18(5)20(17(4)25-27)8-9-21(28)24-22-23-19(14-29-22)13-26-10-6-7-16(3)12-26/h14-16H,6-13H2,1-5H3,(H,23,24,28). The Labute approximate surface area is 178 Å². The van der Waals surface area contributed by atoms with Crippen molar-refractivity contribution < 1.29 is 4.79 Å². The molecule has 2 aromatic heterocycles. The van der Waals surface area contributed by atoms with Gasteiger partial charge in [-0.25, -0.2) is 4.98 Å². The quantitative estimate of drug-likeness (QED) is 0.691. The van der Waals surface area contributed by atoms with Gasteiger partial charge >= 0.3 is 0 Å². The van der Waals surface area contributed by atoms with Crippen LogP contribution in [0.3, 0.4) is 0 Å². The zero-order valence-corrected chi connectivity index (χ0v) is 19.3. The zero-order valence-electron chi connectivity index (χ0n) is 18.5. The van der Waals surface area contributed by atoms with Crippen molar-refractivity contribution in [1.82, 2.24) is 19.7 Å². The smallest absolute Gasteiger partial charge is 0.226 e. The number of nitrogens with zero attached hydrogens (tertiary/aromatic N) is 4. The predicted molar refractivity (Wildman–Crippen MR) is 119 cm³/mol. The van der Waals surface area contributed by atoms with Gasteiger partial charge in [-0.2, -0.15) is 5.10 Å². The number of carbonyl (C=O) groups is 1. The van der Waals surface area contributed by atoms with Crippen molar-refractivity contribution in [3.8, 4) is 0 Å². The van der Waals surface area contributed by atoms with Gasteiger partial charge in [0.25, 0.3) is 0 Å². The number of aryl methyl sites for hydroxylation is 1. The molecule has 0 aromatic carbocycles. The number of rotatable bonds is 8. The van der Waals surface area contributed by atoms with Gasteiger partial charge in [-0.15, -0.1) is 11.3 Å². The molecule has 0 radical (unpaired) electrons. The van der Waals surface area contributed by atoms with E-state index in [-0.39, 0.29) is 5.91 Å². The molecule has 1 aliphatic rings. The maximum absolute atomic E-state index is 12.5. The third-order valence-corrected chi connectivity index (χ3v) is 6.40. The summed E-state index contributed by atoms with van der Waals surface area (Å²) in [5, 5.41) is 10.4. The predicted octanol–water partition coefficient (Wildman–Crippen LogP) is 4.42. The monoisotopic (exact) mass is 417 g/mol. The lowest BCUT2D eigenvalue weighted by Crippen LogP contribution is -2.33. The molecule has 29 heavy (non-hydrogen) atoms. The van der Waals surface area contributed by atoms with E-state index >= 15 is 0 Å². The van der Waals surface area contributed by atoms with Crippen LogP contribution < -0.4 is 5.32 Å². The van der Waals surface area contributed by atoms with Crippen LogP contribution in [0.2, 0.25) is 0 Å². The molecule has 7 heteroatoms. The first-order valence-corrected chi connectivity index (χ1v) is 11.7. The Morgan fingerprint density at radius 3 is 2.90 bits per heavy atom. The summed E-state index contributed by atoms with van der Waals surface area (Å²) in [7, 11) is 0. The van der Waals surface area contributed by atoms with Crippen LogP contribution in [0, 0.1) is 25.7 Å².